The molecule has 1 aliphatic heterocycles. The minimum absolute atomic E-state index is 0.0541. The van der Waals surface area contributed by atoms with Crippen molar-refractivity contribution in [2.24, 2.45) is 23.0 Å². The van der Waals surface area contributed by atoms with Gasteiger partial charge in [-0.15, -0.1) is 5.10 Å². The van der Waals surface area contributed by atoms with Gasteiger partial charge in [0.2, 0.25) is 5.91 Å². The van der Waals surface area contributed by atoms with Crippen LogP contribution in [-0.4, -0.2) is 63.9 Å². The third-order valence-electron chi connectivity index (χ3n) is 8.72. The van der Waals surface area contributed by atoms with Gasteiger partial charge in [0.05, 0.1) is 36.6 Å². The molecule has 1 aromatic carbocycles. The molecule has 4 aliphatic rings. The van der Waals surface area contributed by atoms with Gasteiger partial charge in [-0.25, -0.2) is 9.48 Å². The van der Waals surface area contributed by atoms with Crippen LogP contribution in [0.2, 0.25) is 0 Å². The Morgan fingerprint density at radius 1 is 1.35 bits per heavy atom. The van der Waals surface area contributed by atoms with Gasteiger partial charge in [0.25, 0.3) is 0 Å². The average molecular weight is 511 g/mol. The first-order chi connectivity index (χ1) is 17.6. The smallest absolute Gasteiger partial charge is 0.482 e. The molecule has 4 fully saturated rings. The van der Waals surface area contributed by atoms with Crippen molar-refractivity contribution in [2.45, 2.75) is 70.8 Å². The highest BCUT2D eigenvalue weighted by Crippen LogP contribution is 2.65. The van der Waals surface area contributed by atoms with Crippen molar-refractivity contribution in [3.63, 3.8) is 0 Å². The number of methoxy groups -OCH3 is 1. The van der Waals surface area contributed by atoms with E-state index in [1.165, 1.54) is 17.9 Å². The molecule has 198 valence electrons. The third-order valence-corrected chi connectivity index (χ3v) is 8.72. The number of ether oxygens (including phenoxy) is 1. The first kappa shape index (κ1) is 25.7. The van der Waals surface area contributed by atoms with Crippen LogP contribution in [0.4, 0.5) is 0 Å². The Balaban J connectivity index is 1.41. The van der Waals surface area contributed by atoms with Gasteiger partial charge >= 0.3 is 13.1 Å². The summed E-state index contributed by atoms with van der Waals surface area (Å²) in [7, 11) is 0.731. The number of para-hydroxylation sites is 1. The molecule has 1 unspecified atom stereocenters. The number of nitrogens with one attached hydrogen (secondary N) is 1. The SMILES string of the molecule is COc1c(CC(NC(=O)Cn2cc(CN)nn2)B2O[C@@H]3C[C@@H]4C[C@@H](C4(C)C)[C@]3(C)O2)cccc1C(=O)O. The molecule has 4 N–H and O–H groups in total. The standard InChI is InChI=1S/C25H34BN5O6/c1-24(2)15-9-18(24)25(3)19(10-15)36-26(37-25)20(28-21(32)13-31-12-16(11-27)29-30-31)8-14-6-5-7-17(23(33)34)22(14)35-4/h5-7,12,15,18-20H,8-11,13,27H2,1-4H3,(H,28,32)(H,33,34)/t15-,18-,19+,20?,25-/m0/s1. The number of amides is 1. The van der Waals surface area contributed by atoms with Gasteiger partial charge < -0.3 is 30.2 Å². The predicted octanol–water partition coefficient (Wildman–Crippen LogP) is 1.44. The van der Waals surface area contributed by atoms with Crippen molar-refractivity contribution in [1.29, 1.82) is 0 Å². The summed E-state index contributed by atoms with van der Waals surface area (Å²) in [6.07, 6.45) is 3.84. The Bertz CT molecular complexity index is 1200. The Labute approximate surface area is 216 Å². The summed E-state index contributed by atoms with van der Waals surface area (Å²) in [5.74, 6) is -0.783. The number of nitrogens with two attached hydrogens (primary N) is 1. The van der Waals surface area contributed by atoms with Crippen LogP contribution in [0.1, 0.15) is 55.2 Å². The number of carbonyl (C=O) groups is 2. The summed E-state index contributed by atoms with van der Waals surface area (Å²) in [5.41, 5.74) is 6.60. The Morgan fingerprint density at radius 2 is 2.14 bits per heavy atom. The minimum atomic E-state index is -1.09. The number of aromatic nitrogens is 3. The zero-order valence-electron chi connectivity index (χ0n) is 21.6. The predicted molar refractivity (Wildman–Crippen MR) is 134 cm³/mol. The van der Waals surface area contributed by atoms with Gasteiger partial charge in [-0.2, -0.15) is 0 Å². The molecule has 1 amide bonds. The van der Waals surface area contributed by atoms with Crippen molar-refractivity contribution in [3.8, 4) is 5.75 Å². The van der Waals surface area contributed by atoms with Crippen LogP contribution >= 0.6 is 0 Å². The lowest BCUT2D eigenvalue weighted by Crippen LogP contribution is -2.65. The molecule has 3 aliphatic carbocycles. The van der Waals surface area contributed by atoms with Crippen LogP contribution in [0.25, 0.3) is 0 Å². The van der Waals surface area contributed by atoms with E-state index in [2.05, 4.69) is 36.4 Å². The van der Waals surface area contributed by atoms with Crippen molar-refractivity contribution in [2.75, 3.05) is 7.11 Å². The molecule has 2 aromatic rings. The maximum Gasteiger partial charge on any atom is 0.482 e. The minimum Gasteiger partial charge on any atom is -0.496 e. The van der Waals surface area contributed by atoms with Gasteiger partial charge in [0, 0.05) is 6.54 Å². The number of aromatic carboxylic acids is 1. The molecule has 12 heteroatoms. The number of hydrogen-bond donors (Lipinski definition) is 3. The second kappa shape index (κ2) is 9.41. The van der Waals surface area contributed by atoms with E-state index in [4.69, 9.17) is 19.8 Å². The maximum absolute atomic E-state index is 13.1. The van der Waals surface area contributed by atoms with E-state index in [9.17, 15) is 14.7 Å². The molecule has 2 heterocycles. The fourth-order valence-corrected chi connectivity index (χ4v) is 6.59. The van der Waals surface area contributed by atoms with E-state index in [0.29, 0.717) is 23.1 Å². The second-order valence-electron chi connectivity index (χ2n) is 11.1. The molecular formula is C25H34BN5O6. The van der Waals surface area contributed by atoms with E-state index in [0.717, 1.165) is 12.8 Å². The van der Waals surface area contributed by atoms with Gasteiger partial charge in [-0.05, 0) is 55.1 Å². The van der Waals surface area contributed by atoms with Crippen LogP contribution in [0.3, 0.4) is 0 Å². The largest absolute Gasteiger partial charge is 0.496 e. The van der Waals surface area contributed by atoms with Gasteiger partial charge in [-0.1, -0.05) is 31.2 Å². The maximum atomic E-state index is 13.1. The third kappa shape index (κ3) is 4.40. The fourth-order valence-electron chi connectivity index (χ4n) is 6.59. The van der Waals surface area contributed by atoms with Gasteiger partial charge in [0.1, 0.15) is 17.9 Å². The highest BCUT2D eigenvalue weighted by atomic mass is 16.7. The summed E-state index contributed by atoms with van der Waals surface area (Å²) in [4.78, 5) is 24.9. The number of nitrogens with zero attached hydrogens (tertiary/aromatic N) is 3. The number of hydrogen-bond acceptors (Lipinski definition) is 8. The van der Waals surface area contributed by atoms with Gasteiger partial charge in [0.15, 0.2) is 0 Å². The van der Waals surface area contributed by atoms with Crippen molar-refractivity contribution < 1.29 is 28.7 Å². The molecule has 0 radical (unpaired) electrons. The molecule has 0 spiro atoms. The number of carbonyl (C=O) groups excluding carboxylic acids is 1. The lowest BCUT2D eigenvalue weighted by atomic mass is 9.43. The van der Waals surface area contributed by atoms with Crippen LogP contribution in [0.15, 0.2) is 24.4 Å². The summed E-state index contributed by atoms with van der Waals surface area (Å²) < 4.78 is 20.0. The Morgan fingerprint density at radius 3 is 2.78 bits per heavy atom. The normalized spacial score (nSPS) is 28.2. The van der Waals surface area contributed by atoms with Crippen LogP contribution in [0, 0.1) is 17.3 Å². The lowest BCUT2D eigenvalue weighted by Gasteiger charge is -2.64. The summed E-state index contributed by atoms with van der Waals surface area (Å²) >= 11 is 0. The van der Waals surface area contributed by atoms with Crippen LogP contribution in [-0.2, 0) is 33.6 Å². The van der Waals surface area contributed by atoms with Crippen molar-refractivity contribution in [3.05, 3.63) is 41.2 Å². The molecule has 2 bridgehead atoms. The monoisotopic (exact) mass is 511 g/mol. The number of rotatable bonds is 9. The molecule has 3 saturated carbocycles. The molecular weight excluding hydrogens is 477 g/mol. The first-order valence-electron chi connectivity index (χ1n) is 12.7. The number of carboxylic acids is 1. The second-order valence-corrected chi connectivity index (χ2v) is 11.1. The molecule has 1 aromatic heterocycles. The molecule has 5 atom stereocenters. The Hall–Kier alpha value is -2.96. The highest BCUT2D eigenvalue weighted by molar-refractivity contribution is 6.48. The first-order valence-corrected chi connectivity index (χ1v) is 12.7. The highest BCUT2D eigenvalue weighted by Gasteiger charge is 2.68. The fraction of sp³-hybridized carbons (Fsp3) is 0.600. The topological polar surface area (TPSA) is 151 Å². The molecule has 6 rings (SSSR count). The lowest BCUT2D eigenvalue weighted by molar-refractivity contribution is -0.199. The van der Waals surface area contributed by atoms with Crippen LogP contribution in [0.5, 0.6) is 5.75 Å². The molecule has 37 heavy (non-hydrogen) atoms. The zero-order chi connectivity index (χ0) is 26.5. The number of benzene rings is 1. The summed E-state index contributed by atoms with van der Waals surface area (Å²) in [5, 5.41) is 20.6. The van der Waals surface area contributed by atoms with Crippen LogP contribution < -0.4 is 15.8 Å². The van der Waals surface area contributed by atoms with E-state index in [-0.39, 0.29) is 48.2 Å². The zero-order valence-corrected chi connectivity index (χ0v) is 21.6. The number of carboxylic acid groups (broad SMARTS) is 1. The van der Waals surface area contributed by atoms with E-state index < -0.39 is 24.6 Å². The van der Waals surface area contributed by atoms with Gasteiger partial charge in [-0.3, -0.25) is 4.79 Å². The van der Waals surface area contributed by atoms with E-state index in [1.807, 2.05) is 0 Å². The molecule has 1 saturated heterocycles. The van der Waals surface area contributed by atoms with E-state index in [1.54, 1.807) is 18.3 Å². The Kier molecular flexibility index (Phi) is 6.53. The van der Waals surface area contributed by atoms with Crippen molar-refractivity contribution >= 4 is 19.0 Å². The molecule has 11 nitrogen and oxygen atoms in total. The summed E-state index contributed by atoms with van der Waals surface area (Å²) in [6, 6.07) is 4.95. The van der Waals surface area contributed by atoms with E-state index >= 15 is 0 Å². The van der Waals surface area contributed by atoms with Crippen molar-refractivity contribution in [1.82, 2.24) is 20.3 Å². The quantitative estimate of drug-likeness (QED) is 0.425. The summed E-state index contributed by atoms with van der Waals surface area (Å²) in [6.45, 7) is 6.87. The average Bonchev–Trinajstić information content (AvgIpc) is 3.46.